The Hall–Kier alpha value is -4.22. The molecule has 5 rings (SSSR count). The van der Waals surface area contributed by atoms with E-state index >= 15 is 4.39 Å². The third-order valence-electron chi connectivity index (χ3n) is 6.14. The van der Waals surface area contributed by atoms with Crippen LogP contribution in [-0.4, -0.2) is 40.8 Å². The molecule has 3 aromatic heterocycles. The van der Waals surface area contributed by atoms with Gasteiger partial charge >= 0.3 is 0 Å². The van der Waals surface area contributed by atoms with Crippen molar-refractivity contribution in [2.24, 2.45) is 7.05 Å². The van der Waals surface area contributed by atoms with Gasteiger partial charge in [0, 0.05) is 18.7 Å². The molecule has 0 bridgehead atoms. The lowest BCUT2D eigenvalue weighted by molar-refractivity contribution is 0.0920. The third-order valence-corrected chi connectivity index (χ3v) is 6.14. The molecular formula is C25H28FN9O2. The van der Waals surface area contributed by atoms with Crippen LogP contribution in [0.1, 0.15) is 73.7 Å². The number of amides is 1. The number of halogens is 1. The van der Waals surface area contributed by atoms with Crippen LogP contribution in [0.3, 0.4) is 0 Å². The van der Waals surface area contributed by atoms with Crippen LogP contribution in [0, 0.1) is 5.82 Å². The van der Waals surface area contributed by atoms with Crippen molar-refractivity contribution in [2.45, 2.75) is 57.9 Å². The number of rotatable bonds is 5. The highest BCUT2D eigenvalue weighted by atomic mass is 19.1. The first-order chi connectivity index (χ1) is 17.7. The standard InChI is InChI=1S/C25H28FN9O2/c1-25(2,3)23-32-21(34-37-23)22(36)31-19-8-6-5-7-14-9-17(18(26)10-16(14)19)20-27-13-28-24(33-20)30-15-11-29-35(4)12-15/h9-13,19H,5-8H2,1-4H3,(H,31,36)(H,27,28,30,33)/t19-/m0/s1. The molecule has 0 spiro atoms. The molecule has 1 aliphatic rings. The van der Waals surface area contributed by atoms with Gasteiger partial charge in [0.25, 0.3) is 11.7 Å². The SMILES string of the molecule is Cn1cc(Nc2ncnc(-c3cc4c(cc3F)[C@@H](NC(=O)c3noc(C(C)(C)C)n3)CCCC4)n2)cn1. The van der Waals surface area contributed by atoms with Crippen LogP contribution < -0.4 is 10.6 Å². The summed E-state index contributed by atoms with van der Waals surface area (Å²) < 4.78 is 22.3. The van der Waals surface area contributed by atoms with Crippen LogP contribution in [0.15, 0.2) is 35.4 Å². The average molecular weight is 506 g/mol. The Morgan fingerprint density at radius 2 is 2.03 bits per heavy atom. The molecule has 0 radical (unpaired) electrons. The van der Waals surface area contributed by atoms with E-state index in [-0.39, 0.29) is 34.6 Å². The number of carbonyl (C=O) groups excluding carboxylic acids is 1. The fraction of sp³-hybridized carbons (Fsp3) is 0.400. The first kappa shape index (κ1) is 24.5. The molecule has 1 atom stereocenters. The van der Waals surface area contributed by atoms with E-state index in [1.807, 2.05) is 20.8 Å². The zero-order valence-corrected chi connectivity index (χ0v) is 21.1. The Kier molecular flexibility index (Phi) is 6.40. The predicted octanol–water partition coefficient (Wildman–Crippen LogP) is 4.03. The second kappa shape index (κ2) is 9.68. The van der Waals surface area contributed by atoms with Gasteiger partial charge in [-0.2, -0.15) is 15.1 Å². The highest BCUT2D eigenvalue weighted by Crippen LogP contribution is 2.33. The van der Waals surface area contributed by atoms with E-state index in [0.717, 1.165) is 30.4 Å². The Bertz CT molecular complexity index is 1440. The highest BCUT2D eigenvalue weighted by molar-refractivity contribution is 5.90. The van der Waals surface area contributed by atoms with Gasteiger partial charge in [-0.05, 0) is 42.5 Å². The predicted molar refractivity (Wildman–Crippen MR) is 132 cm³/mol. The van der Waals surface area contributed by atoms with Crippen LogP contribution in [0.25, 0.3) is 11.4 Å². The van der Waals surface area contributed by atoms with E-state index in [2.05, 4.69) is 40.8 Å². The van der Waals surface area contributed by atoms with Gasteiger partial charge in [-0.15, -0.1) is 0 Å². The number of benzene rings is 1. The summed E-state index contributed by atoms with van der Waals surface area (Å²) in [6.07, 6.45) is 7.96. The fourth-order valence-electron chi connectivity index (χ4n) is 4.26. The van der Waals surface area contributed by atoms with Gasteiger partial charge in [-0.1, -0.05) is 32.3 Å². The molecule has 1 aromatic carbocycles. The molecule has 0 fully saturated rings. The van der Waals surface area contributed by atoms with Crippen LogP contribution in [-0.2, 0) is 18.9 Å². The fourth-order valence-corrected chi connectivity index (χ4v) is 4.26. The van der Waals surface area contributed by atoms with E-state index in [9.17, 15) is 4.79 Å². The molecule has 2 N–H and O–H groups in total. The Morgan fingerprint density at radius 1 is 1.19 bits per heavy atom. The summed E-state index contributed by atoms with van der Waals surface area (Å²) in [6, 6.07) is 2.85. The summed E-state index contributed by atoms with van der Waals surface area (Å²) in [5, 5.41) is 14.0. The number of nitrogens with one attached hydrogen (secondary N) is 2. The van der Waals surface area contributed by atoms with Crippen LogP contribution >= 0.6 is 0 Å². The molecule has 3 heterocycles. The van der Waals surface area contributed by atoms with Gasteiger partial charge in [-0.3, -0.25) is 9.48 Å². The number of aromatic nitrogens is 7. The minimum absolute atomic E-state index is 0.0355. The first-order valence-corrected chi connectivity index (χ1v) is 12.1. The molecule has 0 saturated heterocycles. The Morgan fingerprint density at radius 3 is 2.76 bits per heavy atom. The van der Waals surface area contributed by atoms with Gasteiger partial charge in [-0.25, -0.2) is 14.4 Å². The minimum atomic E-state index is -0.479. The maximum Gasteiger partial charge on any atom is 0.293 e. The summed E-state index contributed by atoms with van der Waals surface area (Å²) in [5.74, 6) is -0.0885. The van der Waals surface area contributed by atoms with Crippen molar-refractivity contribution < 1.29 is 13.7 Å². The Balaban J connectivity index is 1.40. The summed E-state index contributed by atoms with van der Waals surface area (Å²) in [7, 11) is 1.80. The van der Waals surface area contributed by atoms with Crippen LogP contribution in [0.4, 0.5) is 16.0 Å². The van der Waals surface area contributed by atoms with Gasteiger partial charge in [0.05, 0.1) is 23.5 Å². The largest absolute Gasteiger partial charge is 0.342 e. The molecular weight excluding hydrogens is 477 g/mol. The number of hydrogen-bond donors (Lipinski definition) is 2. The third kappa shape index (κ3) is 5.32. The second-order valence-corrected chi connectivity index (χ2v) is 10.1. The maximum absolute atomic E-state index is 15.4. The molecule has 0 aliphatic heterocycles. The molecule has 4 aromatic rings. The normalized spacial score (nSPS) is 15.6. The van der Waals surface area contributed by atoms with E-state index in [0.29, 0.717) is 18.0 Å². The van der Waals surface area contributed by atoms with Gasteiger partial charge in [0.1, 0.15) is 12.1 Å². The van der Waals surface area contributed by atoms with E-state index in [1.165, 1.54) is 12.4 Å². The number of nitrogens with zero attached hydrogens (tertiary/aromatic N) is 7. The van der Waals surface area contributed by atoms with Crippen molar-refractivity contribution in [3.63, 3.8) is 0 Å². The van der Waals surface area contributed by atoms with E-state index in [4.69, 9.17) is 4.52 Å². The van der Waals surface area contributed by atoms with Crippen molar-refractivity contribution in [3.8, 4) is 11.4 Å². The molecule has 12 heteroatoms. The summed E-state index contributed by atoms with van der Waals surface area (Å²) in [5.41, 5.74) is 2.27. The number of hydrogen-bond acceptors (Lipinski definition) is 9. The lowest BCUT2D eigenvalue weighted by Crippen LogP contribution is -2.30. The van der Waals surface area contributed by atoms with Gasteiger partial charge in [0.2, 0.25) is 11.8 Å². The van der Waals surface area contributed by atoms with Crippen molar-refractivity contribution in [3.05, 3.63) is 59.5 Å². The summed E-state index contributed by atoms with van der Waals surface area (Å²) in [6.45, 7) is 5.78. The maximum atomic E-state index is 15.4. The van der Waals surface area contributed by atoms with E-state index in [1.54, 1.807) is 30.2 Å². The quantitative estimate of drug-likeness (QED) is 0.385. The summed E-state index contributed by atoms with van der Waals surface area (Å²) in [4.78, 5) is 29.9. The number of aryl methyl sites for hydroxylation is 2. The number of carbonyl (C=O) groups is 1. The van der Waals surface area contributed by atoms with Crippen molar-refractivity contribution in [1.29, 1.82) is 0 Å². The van der Waals surface area contributed by atoms with E-state index < -0.39 is 11.7 Å². The lowest BCUT2D eigenvalue weighted by Gasteiger charge is -2.19. The van der Waals surface area contributed by atoms with Crippen LogP contribution in [0.5, 0.6) is 0 Å². The molecule has 0 saturated carbocycles. The lowest BCUT2D eigenvalue weighted by atomic mass is 9.96. The number of fused-ring (bicyclic) bond motifs is 1. The molecule has 37 heavy (non-hydrogen) atoms. The Labute approximate surface area is 212 Å². The topological polar surface area (TPSA) is 137 Å². The zero-order chi connectivity index (χ0) is 26.2. The highest BCUT2D eigenvalue weighted by Gasteiger charge is 2.28. The van der Waals surface area contributed by atoms with Crippen molar-refractivity contribution in [2.75, 3.05) is 5.32 Å². The second-order valence-electron chi connectivity index (χ2n) is 10.1. The monoisotopic (exact) mass is 505 g/mol. The molecule has 192 valence electrons. The molecule has 1 amide bonds. The molecule has 0 unspecified atom stereocenters. The smallest absolute Gasteiger partial charge is 0.293 e. The molecule has 1 aliphatic carbocycles. The minimum Gasteiger partial charge on any atom is -0.342 e. The average Bonchev–Trinajstić information content (AvgIpc) is 3.47. The van der Waals surface area contributed by atoms with Gasteiger partial charge in [0.15, 0.2) is 5.82 Å². The van der Waals surface area contributed by atoms with Gasteiger partial charge < -0.3 is 15.2 Å². The van der Waals surface area contributed by atoms with Crippen molar-refractivity contribution >= 4 is 17.5 Å². The first-order valence-electron chi connectivity index (χ1n) is 12.1. The van der Waals surface area contributed by atoms with Crippen molar-refractivity contribution in [1.82, 2.24) is 40.2 Å². The summed E-state index contributed by atoms with van der Waals surface area (Å²) >= 11 is 0. The number of anilines is 2. The molecule has 11 nitrogen and oxygen atoms in total. The zero-order valence-electron chi connectivity index (χ0n) is 21.1. The van der Waals surface area contributed by atoms with Crippen LogP contribution in [0.2, 0.25) is 0 Å².